The number of hydrogen-bond donors (Lipinski definition) is 2. The van der Waals surface area contributed by atoms with Gasteiger partial charge in [0.15, 0.2) is 0 Å². The predicted molar refractivity (Wildman–Crippen MR) is 33.3 cm³/mol. The minimum Gasteiger partial charge on any atom is -0.366 e. The highest BCUT2D eigenvalue weighted by molar-refractivity contribution is 4.37. The van der Waals surface area contributed by atoms with Crippen molar-refractivity contribution in [3.8, 4) is 0 Å². The molecule has 50 valence electrons. The van der Waals surface area contributed by atoms with E-state index >= 15 is 0 Å². The fourth-order valence-corrected chi connectivity index (χ4v) is 0.305. The van der Waals surface area contributed by atoms with Gasteiger partial charge in [0.25, 0.3) is 0 Å². The summed E-state index contributed by atoms with van der Waals surface area (Å²) in [5.74, 6) is 0. The molecule has 0 rings (SSSR count). The van der Waals surface area contributed by atoms with Crippen molar-refractivity contribution >= 4 is 0 Å². The van der Waals surface area contributed by atoms with Crippen molar-refractivity contribution in [3.63, 3.8) is 0 Å². The molecule has 3 heteroatoms. The van der Waals surface area contributed by atoms with E-state index in [1.54, 1.807) is 7.11 Å². The van der Waals surface area contributed by atoms with E-state index in [0.717, 1.165) is 6.54 Å². The maximum absolute atomic E-state index is 4.88. The van der Waals surface area contributed by atoms with E-state index in [4.69, 9.17) is 4.74 Å². The van der Waals surface area contributed by atoms with Crippen molar-refractivity contribution in [2.24, 2.45) is 0 Å². The summed E-state index contributed by atoms with van der Waals surface area (Å²) in [6.45, 7) is 4.87. The quantitative estimate of drug-likeness (QED) is 0.405. The van der Waals surface area contributed by atoms with Crippen LogP contribution in [-0.4, -0.2) is 19.9 Å². The molecule has 1 unspecified atom stereocenters. The Morgan fingerprint density at radius 3 is 2.62 bits per heavy atom. The highest BCUT2D eigenvalue weighted by Gasteiger charge is 1.91. The summed E-state index contributed by atoms with van der Waals surface area (Å²) in [5, 5.41) is 0. The second-order valence-electron chi connectivity index (χ2n) is 1.55. The first-order valence-corrected chi connectivity index (χ1v) is 2.82. The van der Waals surface area contributed by atoms with Gasteiger partial charge in [-0.05, 0) is 6.92 Å². The van der Waals surface area contributed by atoms with Crippen molar-refractivity contribution in [2.75, 3.05) is 13.7 Å². The maximum Gasteiger partial charge on any atom is 0.117 e. The van der Waals surface area contributed by atoms with Crippen LogP contribution in [-0.2, 0) is 4.74 Å². The minimum atomic E-state index is 0.0925. The van der Waals surface area contributed by atoms with Crippen LogP contribution in [0.4, 0.5) is 0 Å². The summed E-state index contributed by atoms with van der Waals surface area (Å²) in [7, 11) is 1.66. The summed E-state index contributed by atoms with van der Waals surface area (Å²) in [6, 6.07) is 0. The fraction of sp³-hybridized carbons (Fsp3) is 1.00. The molecule has 0 heterocycles. The molecule has 0 spiro atoms. The number of ether oxygens (including phenoxy) is 1. The van der Waals surface area contributed by atoms with Gasteiger partial charge in [0.2, 0.25) is 0 Å². The summed E-state index contributed by atoms with van der Waals surface area (Å²) < 4.78 is 4.88. The summed E-state index contributed by atoms with van der Waals surface area (Å²) in [5.41, 5.74) is 5.83. The predicted octanol–water partition coefficient (Wildman–Crippen LogP) is 0.0929. The standard InChI is InChI=1S/C5H14N2O/c1-4-6-7-5(2)8-3/h5-7H,4H2,1-3H3. The summed E-state index contributed by atoms with van der Waals surface area (Å²) in [6.07, 6.45) is 0.0925. The Morgan fingerprint density at radius 1 is 1.62 bits per heavy atom. The molecule has 0 aliphatic carbocycles. The van der Waals surface area contributed by atoms with E-state index < -0.39 is 0 Å². The van der Waals surface area contributed by atoms with Gasteiger partial charge in [-0.25, -0.2) is 5.43 Å². The number of hydrazine groups is 1. The van der Waals surface area contributed by atoms with Crippen LogP contribution in [0.5, 0.6) is 0 Å². The van der Waals surface area contributed by atoms with Gasteiger partial charge in [-0.15, -0.1) is 0 Å². The monoisotopic (exact) mass is 118 g/mol. The lowest BCUT2D eigenvalue weighted by atomic mass is 10.7. The molecule has 0 aliphatic heterocycles. The number of methoxy groups -OCH3 is 1. The third-order valence-corrected chi connectivity index (χ3v) is 0.836. The topological polar surface area (TPSA) is 33.3 Å². The van der Waals surface area contributed by atoms with Gasteiger partial charge >= 0.3 is 0 Å². The Balaban J connectivity index is 2.86. The van der Waals surface area contributed by atoms with Crippen LogP contribution in [0.15, 0.2) is 0 Å². The van der Waals surface area contributed by atoms with Gasteiger partial charge in [-0.3, -0.25) is 5.43 Å². The lowest BCUT2D eigenvalue weighted by Gasteiger charge is -2.10. The second kappa shape index (κ2) is 5.03. The molecule has 0 saturated heterocycles. The molecule has 2 N–H and O–H groups in total. The summed E-state index contributed by atoms with van der Waals surface area (Å²) >= 11 is 0. The van der Waals surface area contributed by atoms with Crippen LogP contribution in [0.1, 0.15) is 13.8 Å². The number of rotatable bonds is 4. The van der Waals surface area contributed by atoms with Gasteiger partial charge < -0.3 is 4.74 Å². The molecule has 0 radical (unpaired) electrons. The highest BCUT2D eigenvalue weighted by Crippen LogP contribution is 1.74. The first kappa shape index (κ1) is 7.88. The van der Waals surface area contributed by atoms with Crippen LogP contribution < -0.4 is 10.9 Å². The average molecular weight is 118 g/mol. The van der Waals surface area contributed by atoms with Crippen molar-refractivity contribution in [1.82, 2.24) is 10.9 Å². The third-order valence-electron chi connectivity index (χ3n) is 0.836. The fourth-order valence-electron chi connectivity index (χ4n) is 0.305. The average Bonchev–Trinajstić information content (AvgIpc) is 1.83. The molecule has 1 atom stereocenters. The molecule has 0 bridgehead atoms. The Kier molecular flexibility index (Phi) is 4.95. The zero-order valence-electron chi connectivity index (χ0n) is 5.69. The van der Waals surface area contributed by atoms with Crippen LogP contribution >= 0.6 is 0 Å². The molecule has 0 aromatic carbocycles. The van der Waals surface area contributed by atoms with Gasteiger partial charge in [-0.2, -0.15) is 0 Å². The zero-order valence-corrected chi connectivity index (χ0v) is 5.69. The summed E-state index contributed by atoms with van der Waals surface area (Å²) in [4.78, 5) is 0. The van der Waals surface area contributed by atoms with Gasteiger partial charge in [0.05, 0.1) is 0 Å². The largest absolute Gasteiger partial charge is 0.366 e. The Hall–Kier alpha value is -0.120. The second-order valence-corrected chi connectivity index (χ2v) is 1.55. The lowest BCUT2D eigenvalue weighted by molar-refractivity contribution is 0.0767. The van der Waals surface area contributed by atoms with Gasteiger partial charge in [0.1, 0.15) is 6.23 Å². The van der Waals surface area contributed by atoms with E-state index in [-0.39, 0.29) is 6.23 Å². The SMILES string of the molecule is CCNNC(C)OC. The minimum absolute atomic E-state index is 0.0925. The van der Waals surface area contributed by atoms with Crippen molar-refractivity contribution in [3.05, 3.63) is 0 Å². The van der Waals surface area contributed by atoms with E-state index in [0.29, 0.717) is 0 Å². The molecule has 0 saturated carbocycles. The lowest BCUT2D eigenvalue weighted by Crippen LogP contribution is -2.39. The smallest absolute Gasteiger partial charge is 0.117 e. The number of nitrogens with one attached hydrogen (secondary N) is 2. The molecule has 0 aliphatic rings. The molecule has 0 aromatic rings. The molecule has 0 fully saturated rings. The molecule has 0 aromatic heterocycles. The van der Waals surface area contributed by atoms with Gasteiger partial charge in [-0.1, -0.05) is 6.92 Å². The van der Waals surface area contributed by atoms with E-state index in [9.17, 15) is 0 Å². The third kappa shape index (κ3) is 4.05. The Labute approximate surface area is 50.4 Å². The highest BCUT2D eigenvalue weighted by atomic mass is 16.5. The Morgan fingerprint density at radius 2 is 2.25 bits per heavy atom. The molecule has 8 heavy (non-hydrogen) atoms. The van der Waals surface area contributed by atoms with Crippen molar-refractivity contribution < 1.29 is 4.74 Å². The van der Waals surface area contributed by atoms with Crippen molar-refractivity contribution in [1.29, 1.82) is 0 Å². The normalized spacial score (nSPS) is 13.9. The molecule has 3 nitrogen and oxygen atoms in total. The van der Waals surface area contributed by atoms with E-state index in [1.807, 2.05) is 13.8 Å². The first-order chi connectivity index (χ1) is 3.81. The van der Waals surface area contributed by atoms with E-state index in [1.165, 1.54) is 0 Å². The molecular formula is C5H14N2O. The number of hydrogen-bond acceptors (Lipinski definition) is 3. The maximum atomic E-state index is 4.88. The molecular weight excluding hydrogens is 104 g/mol. The van der Waals surface area contributed by atoms with E-state index in [2.05, 4.69) is 10.9 Å². The first-order valence-electron chi connectivity index (χ1n) is 2.82. The van der Waals surface area contributed by atoms with Gasteiger partial charge in [0, 0.05) is 13.7 Å². The van der Waals surface area contributed by atoms with Crippen LogP contribution in [0, 0.1) is 0 Å². The van der Waals surface area contributed by atoms with Crippen LogP contribution in [0.2, 0.25) is 0 Å². The Bertz CT molecular complexity index is 49.7. The molecule has 0 amide bonds. The van der Waals surface area contributed by atoms with Crippen LogP contribution in [0.25, 0.3) is 0 Å². The van der Waals surface area contributed by atoms with Crippen LogP contribution in [0.3, 0.4) is 0 Å². The zero-order chi connectivity index (χ0) is 6.41. The van der Waals surface area contributed by atoms with Crippen molar-refractivity contribution in [2.45, 2.75) is 20.1 Å².